The van der Waals surface area contributed by atoms with Crippen molar-refractivity contribution in [3.63, 3.8) is 0 Å². The monoisotopic (exact) mass is 226 g/mol. The van der Waals surface area contributed by atoms with Crippen LogP contribution in [0.3, 0.4) is 0 Å². The molecule has 2 aromatic heterocycles. The summed E-state index contributed by atoms with van der Waals surface area (Å²) in [6.45, 7) is 0.217. The Kier molecular flexibility index (Phi) is 2.98. The lowest BCUT2D eigenvalue weighted by atomic mass is 10.2. The first-order chi connectivity index (χ1) is 7.69. The number of halogens is 2. The van der Waals surface area contributed by atoms with Crippen molar-refractivity contribution in [3.8, 4) is 0 Å². The summed E-state index contributed by atoms with van der Waals surface area (Å²) in [5.74, 6) is 0. The number of hydrogen-bond donors (Lipinski definition) is 0. The summed E-state index contributed by atoms with van der Waals surface area (Å²) in [4.78, 5) is 0. The van der Waals surface area contributed by atoms with Crippen molar-refractivity contribution in [2.75, 3.05) is 0 Å². The van der Waals surface area contributed by atoms with Gasteiger partial charge < -0.3 is 0 Å². The van der Waals surface area contributed by atoms with Gasteiger partial charge in [-0.15, -0.1) is 0 Å². The number of aryl methyl sites for hydroxylation is 1. The summed E-state index contributed by atoms with van der Waals surface area (Å²) in [6.07, 6.45) is 7.03. The summed E-state index contributed by atoms with van der Waals surface area (Å²) in [6, 6.07) is 0. The summed E-state index contributed by atoms with van der Waals surface area (Å²) in [5.41, 5.74) is 1.76. The third-order valence-electron chi connectivity index (χ3n) is 2.27. The van der Waals surface area contributed by atoms with Crippen molar-refractivity contribution >= 4 is 0 Å². The van der Waals surface area contributed by atoms with Crippen LogP contribution in [0, 0.1) is 0 Å². The van der Waals surface area contributed by atoms with Crippen LogP contribution < -0.4 is 0 Å². The molecule has 16 heavy (non-hydrogen) atoms. The van der Waals surface area contributed by atoms with E-state index in [-0.39, 0.29) is 0 Å². The fraction of sp³-hybridized carbons (Fsp3) is 0.400. The van der Waals surface area contributed by atoms with Gasteiger partial charge in [-0.2, -0.15) is 19.0 Å². The Morgan fingerprint density at radius 3 is 2.44 bits per heavy atom. The molecule has 0 unspecified atom stereocenters. The molecule has 4 nitrogen and oxygen atoms in total. The minimum absolute atomic E-state index is 0.576. The van der Waals surface area contributed by atoms with Gasteiger partial charge in [-0.3, -0.25) is 4.68 Å². The zero-order valence-corrected chi connectivity index (χ0v) is 8.85. The van der Waals surface area contributed by atoms with E-state index in [4.69, 9.17) is 0 Å². The van der Waals surface area contributed by atoms with Crippen LogP contribution in [0.1, 0.15) is 24.6 Å². The highest BCUT2D eigenvalue weighted by Gasteiger charge is 2.08. The Hall–Kier alpha value is -1.72. The molecule has 0 fully saturated rings. The van der Waals surface area contributed by atoms with Crippen LogP contribution in [0.25, 0.3) is 0 Å². The Bertz CT molecular complexity index is 461. The van der Waals surface area contributed by atoms with Crippen LogP contribution in [0.2, 0.25) is 0 Å². The molecule has 0 atom stereocenters. The molecule has 0 spiro atoms. The van der Waals surface area contributed by atoms with E-state index in [1.165, 1.54) is 12.4 Å². The molecule has 0 aliphatic rings. The zero-order valence-electron chi connectivity index (χ0n) is 8.85. The molecule has 0 N–H and O–H groups in total. The lowest BCUT2D eigenvalue weighted by Gasteiger charge is -1.95. The summed E-state index contributed by atoms with van der Waals surface area (Å²) >= 11 is 0. The minimum Gasteiger partial charge on any atom is -0.273 e. The second-order valence-electron chi connectivity index (χ2n) is 3.49. The summed E-state index contributed by atoms with van der Waals surface area (Å²) in [7, 11) is 0. The molecule has 2 rings (SSSR count). The van der Waals surface area contributed by atoms with Gasteiger partial charge in [0, 0.05) is 25.4 Å². The first-order valence-electron chi connectivity index (χ1n) is 5.01. The highest BCUT2D eigenvalue weighted by atomic mass is 19.3. The van der Waals surface area contributed by atoms with Gasteiger partial charge in [-0.05, 0) is 18.1 Å². The highest BCUT2D eigenvalue weighted by Crippen LogP contribution is 2.12. The van der Waals surface area contributed by atoms with Gasteiger partial charge in [-0.1, -0.05) is 0 Å². The predicted molar refractivity (Wildman–Crippen MR) is 54.2 cm³/mol. The Balaban J connectivity index is 2.08. The number of alkyl halides is 2. The topological polar surface area (TPSA) is 35.6 Å². The first kappa shape index (κ1) is 10.8. The van der Waals surface area contributed by atoms with Crippen LogP contribution in [0.5, 0.6) is 0 Å². The molecule has 0 bridgehead atoms. The van der Waals surface area contributed by atoms with Crippen molar-refractivity contribution in [1.29, 1.82) is 0 Å². The normalized spacial score (nSPS) is 11.2. The molecular weight excluding hydrogens is 214 g/mol. The van der Waals surface area contributed by atoms with Crippen molar-refractivity contribution < 1.29 is 8.78 Å². The quantitative estimate of drug-likeness (QED) is 0.800. The molecule has 0 saturated carbocycles. The van der Waals surface area contributed by atoms with Crippen LogP contribution in [0.4, 0.5) is 8.78 Å². The molecule has 6 heteroatoms. The van der Waals surface area contributed by atoms with Crippen LogP contribution >= 0.6 is 0 Å². The lowest BCUT2D eigenvalue weighted by molar-refractivity contribution is 0.0565. The van der Waals surface area contributed by atoms with Gasteiger partial charge in [0.25, 0.3) is 0 Å². The number of hydrogen-bond acceptors (Lipinski definition) is 2. The van der Waals surface area contributed by atoms with E-state index in [0.717, 1.165) is 17.7 Å². The van der Waals surface area contributed by atoms with Crippen molar-refractivity contribution in [2.24, 2.45) is 0 Å². The molecule has 86 valence electrons. The number of rotatable bonds is 4. The molecule has 2 heterocycles. The Labute approximate surface area is 91.5 Å². The van der Waals surface area contributed by atoms with Crippen molar-refractivity contribution in [1.82, 2.24) is 19.6 Å². The van der Waals surface area contributed by atoms with E-state index in [1.807, 2.05) is 13.1 Å². The highest BCUT2D eigenvalue weighted by molar-refractivity contribution is 5.17. The molecule has 0 aliphatic heterocycles. The fourth-order valence-corrected chi connectivity index (χ4v) is 1.48. The number of nitrogens with zero attached hydrogens (tertiary/aromatic N) is 4. The minimum atomic E-state index is -2.58. The Morgan fingerprint density at radius 2 is 1.88 bits per heavy atom. The van der Waals surface area contributed by atoms with Crippen molar-refractivity contribution in [3.05, 3.63) is 35.9 Å². The van der Waals surface area contributed by atoms with Crippen LogP contribution in [0.15, 0.2) is 24.8 Å². The second-order valence-corrected chi connectivity index (χ2v) is 3.49. The lowest BCUT2D eigenvalue weighted by Crippen LogP contribution is -1.97. The smallest absolute Gasteiger partial charge is 0.273 e. The van der Waals surface area contributed by atoms with E-state index in [0.29, 0.717) is 11.1 Å². The average molecular weight is 226 g/mol. The maximum Gasteiger partial charge on any atom is 0.333 e. The molecule has 0 amide bonds. The van der Waals surface area contributed by atoms with Crippen molar-refractivity contribution in [2.45, 2.75) is 26.4 Å². The molecule has 0 radical (unpaired) electrons. The number of aromatic nitrogens is 4. The second kappa shape index (κ2) is 4.42. The fourth-order valence-electron chi connectivity index (χ4n) is 1.48. The van der Waals surface area contributed by atoms with Gasteiger partial charge >= 0.3 is 6.55 Å². The van der Waals surface area contributed by atoms with E-state index >= 15 is 0 Å². The maximum atomic E-state index is 12.3. The average Bonchev–Trinajstić information content (AvgIpc) is 2.87. The third-order valence-corrected chi connectivity index (χ3v) is 2.27. The molecular formula is C10H12F2N4. The van der Waals surface area contributed by atoms with Gasteiger partial charge in [0.15, 0.2) is 0 Å². The molecule has 0 aromatic carbocycles. The summed E-state index contributed by atoms with van der Waals surface area (Å²) < 4.78 is 27.0. The van der Waals surface area contributed by atoms with Gasteiger partial charge in [0.05, 0.1) is 12.4 Å². The molecule has 0 aliphatic carbocycles. The van der Waals surface area contributed by atoms with Crippen LogP contribution in [-0.4, -0.2) is 19.6 Å². The van der Waals surface area contributed by atoms with E-state index in [1.54, 1.807) is 10.9 Å². The zero-order chi connectivity index (χ0) is 11.5. The predicted octanol–water partition coefficient (Wildman–Crippen LogP) is 2.09. The van der Waals surface area contributed by atoms with Gasteiger partial charge in [0.1, 0.15) is 0 Å². The Morgan fingerprint density at radius 1 is 1.19 bits per heavy atom. The third kappa shape index (κ3) is 2.26. The van der Waals surface area contributed by atoms with E-state index in [9.17, 15) is 8.78 Å². The molecule has 0 saturated heterocycles. The standard InChI is InChI=1S/C10H12F2N4/c1-2-15-6-8(4-13-15)3-9-5-14-16(7-9)10(11)12/h4-7,10H,2-3H2,1H3. The van der Waals surface area contributed by atoms with Crippen LogP contribution in [-0.2, 0) is 13.0 Å². The first-order valence-corrected chi connectivity index (χ1v) is 5.01. The van der Waals surface area contributed by atoms with E-state index < -0.39 is 6.55 Å². The maximum absolute atomic E-state index is 12.3. The summed E-state index contributed by atoms with van der Waals surface area (Å²) in [5, 5.41) is 7.69. The van der Waals surface area contributed by atoms with Gasteiger partial charge in [-0.25, -0.2) is 4.68 Å². The molecule has 2 aromatic rings. The van der Waals surface area contributed by atoms with Gasteiger partial charge in [0.2, 0.25) is 0 Å². The van der Waals surface area contributed by atoms with E-state index in [2.05, 4.69) is 10.2 Å². The SMILES string of the molecule is CCn1cc(Cc2cnn(C(F)F)c2)cn1. The largest absolute Gasteiger partial charge is 0.333 e.